The lowest BCUT2D eigenvalue weighted by Crippen LogP contribution is -2.43. The fourth-order valence-electron chi connectivity index (χ4n) is 3.02. The van der Waals surface area contributed by atoms with E-state index in [2.05, 4.69) is 10.2 Å². The minimum absolute atomic E-state index is 0.0898. The van der Waals surface area contributed by atoms with Gasteiger partial charge in [0.1, 0.15) is 11.5 Å². The number of furan rings is 1. The van der Waals surface area contributed by atoms with E-state index in [1.165, 1.54) is 25.0 Å². The molecule has 2 heterocycles. The van der Waals surface area contributed by atoms with Crippen molar-refractivity contribution in [2.24, 2.45) is 0 Å². The Bertz CT molecular complexity index is 666. The molecule has 122 valence electrons. The molecular weight excluding hydrogens is 294 g/mol. The third-order valence-corrected chi connectivity index (χ3v) is 4.32. The van der Waals surface area contributed by atoms with Crippen LogP contribution in [-0.4, -0.2) is 36.0 Å². The minimum atomic E-state index is -0.397. The molecule has 1 atom stereocenters. The zero-order valence-corrected chi connectivity index (χ0v) is 13.2. The molecule has 1 aliphatic rings. The summed E-state index contributed by atoms with van der Waals surface area (Å²) in [7, 11) is 2.01. The fourth-order valence-corrected chi connectivity index (χ4v) is 3.02. The Morgan fingerprint density at radius 2 is 2.09 bits per heavy atom. The maximum absolute atomic E-state index is 10.7. The summed E-state index contributed by atoms with van der Waals surface area (Å²) >= 11 is 0. The van der Waals surface area contributed by atoms with Gasteiger partial charge in [-0.05, 0) is 50.7 Å². The van der Waals surface area contributed by atoms with E-state index >= 15 is 0 Å². The quantitative estimate of drug-likeness (QED) is 0.678. The van der Waals surface area contributed by atoms with Crippen LogP contribution in [0.2, 0.25) is 0 Å². The maximum atomic E-state index is 10.7. The molecule has 0 radical (unpaired) electrons. The predicted octanol–water partition coefficient (Wildman–Crippen LogP) is 3.04. The number of nitrogens with one attached hydrogen (secondary N) is 1. The zero-order valence-electron chi connectivity index (χ0n) is 13.2. The van der Waals surface area contributed by atoms with E-state index in [1.54, 1.807) is 12.1 Å². The summed E-state index contributed by atoms with van der Waals surface area (Å²) in [6.45, 7) is 2.92. The van der Waals surface area contributed by atoms with E-state index in [0.717, 1.165) is 36.7 Å². The summed E-state index contributed by atoms with van der Waals surface area (Å²) in [5.41, 5.74) is 0.945. The smallest absolute Gasteiger partial charge is 0.269 e. The molecule has 0 saturated carbocycles. The average molecular weight is 315 g/mol. The first-order valence-corrected chi connectivity index (χ1v) is 7.89. The lowest BCUT2D eigenvalue weighted by Gasteiger charge is -2.31. The Kier molecular flexibility index (Phi) is 4.73. The molecule has 1 aliphatic heterocycles. The molecule has 1 aromatic heterocycles. The lowest BCUT2D eigenvalue weighted by atomic mass is 10.1. The second-order valence-corrected chi connectivity index (χ2v) is 5.93. The standard InChI is InChI=1S/C17H21N3O3/c1-18-14-3-2-10-19(11-14)12-16-8-9-17(23-16)13-4-6-15(7-5-13)20(21)22/h4-9,14,18H,2-3,10-12H2,1H3. The number of nitro benzene ring substituents is 1. The van der Waals surface area contributed by atoms with Crippen LogP contribution in [0.1, 0.15) is 18.6 Å². The topological polar surface area (TPSA) is 71.5 Å². The first-order valence-electron chi connectivity index (χ1n) is 7.89. The number of likely N-dealkylation sites (N-methyl/N-ethyl adjacent to an activating group) is 1. The third-order valence-electron chi connectivity index (χ3n) is 4.32. The molecule has 0 amide bonds. The van der Waals surface area contributed by atoms with Crippen molar-refractivity contribution < 1.29 is 9.34 Å². The molecule has 6 heteroatoms. The van der Waals surface area contributed by atoms with Crippen molar-refractivity contribution in [3.63, 3.8) is 0 Å². The SMILES string of the molecule is CNC1CCCN(Cc2ccc(-c3ccc([N+](=O)[O-])cc3)o2)C1. The Labute approximate surface area is 135 Å². The number of non-ortho nitro benzene ring substituents is 1. The van der Waals surface area contributed by atoms with Gasteiger partial charge in [0.2, 0.25) is 0 Å². The molecule has 1 saturated heterocycles. The van der Waals surface area contributed by atoms with Crippen molar-refractivity contribution in [2.45, 2.75) is 25.4 Å². The van der Waals surface area contributed by atoms with E-state index in [1.807, 2.05) is 19.2 Å². The van der Waals surface area contributed by atoms with Crippen molar-refractivity contribution in [1.29, 1.82) is 0 Å². The molecule has 3 rings (SSSR count). The van der Waals surface area contributed by atoms with Gasteiger partial charge in [-0.1, -0.05) is 0 Å². The van der Waals surface area contributed by atoms with Crippen LogP contribution in [0, 0.1) is 10.1 Å². The van der Waals surface area contributed by atoms with Crippen LogP contribution in [0.15, 0.2) is 40.8 Å². The van der Waals surface area contributed by atoms with Gasteiger partial charge in [0, 0.05) is 30.3 Å². The first-order chi connectivity index (χ1) is 11.2. The van der Waals surface area contributed by atoms with Crippen LogP contribution in [0.3, 0.4) is 0 Å². The number of nitro groups is 1. The lowest BCUT2D eigenvalue weighted by molar-refractivity contribution is -0.384. The molecule has 0 bridgehead atoms. The molecule has 0 aliphatic carbocycles. The van der Waals surface area contributed by atoms with Crippen LogP contribution in [0.25, 0.3) is 11.3 Å². The number of likely N-dealkylation sites (tertiary alicyclic amines) is 1. The van der Waals surface area contributed by atoms with Gasteiger partial charge in [-0.25, -0.2) is 0 Å². The van der Waals surface area contributed by atoms with E-state index in [9.17, 15) is 10.1 Å². The number of nitrogens with zero attached hydrogens (tertiary/aromatic N) is 2. The minimum Gasteiger partial charge on any atom is -0.460 e. The summed E-state index contributed by atoms with van der Waals surface area (Å²) in [5, 5.41) is 14.0. The number of hydrogen-bond acceptors (Lipinski definition) is 5. The van der Waals surface area contributed by atoms with Crippen molar-refractivity contribution in [3.8, 4) is 11.3 Å². The largest absolute Gasteiger partial charge is 0.460 e. The molecule has 1 fully saturated rings. The van der Waals surface area contributed by atoms with E-state index in [-0.39, 0.29) is 5.69 Å². The number of rotatable bonds is 5. The van der Waals surface area contributed by atoms with Crippen molar-refractivity contribution in [1.82, 2.24) is 10.2 Å². The summed E-state index contributed by atoms with van der Waals surface area (Å²) in [4.78, 5) is 12.7. The fraction of sp³-hybridized carbons (Fsp3) is 0.412. The molecular formula is C17H21N3O3. The number of piperidine rings is 1. The molecule has 1 unspecified atom stereocenters. The van der Waals surface area contributed by atoms with Gasteiger partial charge in [0.15, 0.2) is 0 Å². The van der Waals surface area contributed by atoms with Crippen molar-refractivity contribution in [2.75, 3.05) is 20.1 Å². The van der Waals surface area contributed by atoms with Crippen molar-refractivity contribution >= 4 is 5.69 Å². The van der Waals surface area contributed by atoms with Crippen molar-refractivity contribution in [3.05, 3.63) is 52.3 Å². The summed E-state index contributed by atoms with van der Waals surface area (Å²) in [5.74, 6) is 1.67. The summed E-state index contributed by atoms with van der Waals surface area (Å²) in [6, 6.07) is 10.9. The normalized spacial score (nSPS) is 18.9. The van der Waals surface area contributed by atoms with Crippen LogP contribution >= 0.6 is 0 Å². The highest BCUT2D eigenvalue weighted by Crippen LogP contribution is 2.25. The van der Waals surface area contributed by atoms with Gasteiger partial charge in [-0.3, -0.25) is 15.0 Å². The second kappa shape index (κ2) is 6.93. The Hall–Kier alpha value is -2.18. The Morgan fingerprint density at radius 1 is 1.30 bits per heavy atom. The van der Waals surface area contributed by atoms with E-state index < -0.39 is 4.92 Å². The number of benzene rings is 1. The van der Waals surface area contributed by atoms with Gasteiger partial charge in [0.25, 0.3) is 5.69 Å². The third kappa shape index (κ3) is 3.78. The van der Waals surface area contributed by atoms with Gasteiger partial charge < -0.3 is 9.73 Å². The summed E-state index contributed by atoms with van der Waals surface area (Å²) < 4.78 is 5.91. The van der Waals surface area contributed by atoms with Gasteiger partial charge in [-0.15, -0.1) is 0 Å². The van der Waals surface area contributed by atoms with Crippen LogP contribution in [0.4, 0.5) is 5.69 Å². The molecule has 1 N–H and O–H groups in total. The molecule has 2 aromatic rings. The van der Waals surface area contributed by atoms with Crippen LogP contribution in [-0.2, 0) is 6.54 Å². The van der Waals surface area contributed by atoms with Crippen LogP contribution < -0.4 is 5.32 Å². The molecule has 1 aromatic carbocycles. The highest BCUT2D eigenvalue weighted by Gasteiger charge is 2.19. The summed E-state index contributed by atoms with van der Waals surface area (Å²) in [6.07, 6.45) is 2.42. The average Bonchev–Trinajstić information content (AvgIpc) is 3.03. The van der Waals surface area contributed by atoms with Gasteiger partial charge in [-0.2, -0.15) is 0 Å². The van der Waals surface area contributed by atoms with Crippen LogP contribution in [0.5, 0.6) is 0 Å². The molecule has 0 spiro atoms. The van der Waals surface area contributed by atoms with Gasteiger partial charge >= 0.3 is 0 Å². The molecule has 6 nitrogen and oxygen atoms in total. The van der Waals surface area contributed by atoms with E-state index in [0.29, 0.717) is 6.04 Å². The van der Waals surface area contributed by atoms with Gasteiger partial charge in [0.05, 0.1) is 11.5 Å². The number of hydrogen-bond donors (Lipinski definition) is 1. The molecule has 23 heavy (non-hydrogen) atoms. The highest BCUT2D eigenvalue weighted by atomic mass is 16.6. The Morgan fingerprint density at radius 3 is 2.78 bits per heavy atom. The first kappa shape index (κ1) is 15.7. The second-order valence-electron chi connectivity index (χ2n) is 5.93. The monoisotopic (exact) mass is 315 g/mol. The highest BCUT2D eigenvalue weighted by molar-refractivity contribution is 5.59. The maximum Gasteiger partial charge on any atom is 0.269 e. The predicted molar refractivity (Wildman–Crippen MR) is 88.2 cm³/mol. The zero-order chi connectivity index (χ0) is 16.2. The Balaban J connectivity index is 1.66. The van der Waals surface area contributed by atoms with E-state index in [4.69, 9.17) is 4.42 Å².